The third-order valence-electron chi connectivity index (χ3n) is 3.88. The maximum absolute atomic E-state index is 11.8. The molecule has 1 heterocycles. The molecule has 1 aromatic heterocycles. The second-order valence-corrected chi connectivity index (χ2v) is 5.71. The highest BCUT2D eigenvalue weighted by Crippen LogP contribution is 2.38. The van der Waals surface area contributed by atoms with Gasteiger partial charge in [0.15, 0.2) is 0 Å². The normalized spacial score (nSPS) is 18.1. The van der Waals surface area contributed by atoms with E-state index in [1.807, 2.05) is 13.8 Å². The van der Waals surface area contributed by atoms with Crippen LogP contribution in [0.25, 0.3) is 0 Å². The van der Waals surface area contributed by atoms with Gasteiger partial charge in [0.1, 0.15) is 5.76 Å². The van der Waals surface area contributed by atoms with E-state index in [2.05, 4.69) is 10.5 Å². The molecule has 106 valence electrons. The van der Waals surface area contributed by atoms with Gasteiger partial charge in [-0.05, 0) is 46.0 Å². The fourth-order valence-electron chi connectivity index (χ4n) is 2.31. The van der Waals surface area contributed by atoms with Gasteiger partial charge in [-0.3, -0.25) is 4.79 Å². The summed E-state index contributed by atoms with van der Waals surface area (Å²) in [6, 6.07) is 0. The minimum atomic E-state index is -0.765. The number of rotatable bonds is 6. The van der Waals surface area contributed by atoms with Gasteiger partial charge in [-0.15, -0.1) is 0 Å². The summed E-state index contributed by atoms with van der Waals surface area (Å²) in [6.45, 7) is 5.85. The molecule has 2 rings (SSSR count). The van der Waals surface area contributed by atoms with Gasteiger partial charge in [-0.2, -0.15) is 0 Å². The number of aromatic nitrogens is 1. The third kappa shape index (κ3) is 3.56. The van der Waals surface area contributed by atoms with Crippen molar-refractivity contribution in [1.82, 2.24) is 10.5 Å². The Morgan fingerprint density at radius 2 is 2.21 bits per heavy atom. The van der Waals surface area contributed by atoms with Crippen LogP contribution in [-0.2, 0) is 11.2 Å². The largest absolute Gasteiger partial charge is 0.388 e. The molecule has 5 nitrogen and oxygen atoms in total. The van der Waals surface area contributed by atoms with E-state index in [0.717, 1.165) is 29.9 Å². The Kier molecular flexibility index (Phi) is 3.94. The Balaban J connectivity index is 1.76. The van der Waals surface area contributed by atoms with E-state index in [9.17, 15) is 9.90 Å². The second-order valence-electron chi connectivity index (χ2n) is 5.71. The third-order valence-corrected chi connectivity index (χ3v) is 3.88. The summed E-state index contributed by atoms with van der Waals surface area (Å²) in [5.74, 6) is 1.08. The first-order valence-corrected chi connectivity index (χ1v) is 6.81. The lowest BCUT2D eigenvalue weighted by Crippen LogP contribution is -2.42. The highest BCUT2D eigenvalue weighted by Gasteiger charge is 2.39. The van der Waals surface area contributed by atoms with Crippen LogP contribution < -0.4 is 5.32 Å². The number of hydrogen-bond donors (Lipinski definition) is 2. The van der Waals surface area contributed by atoms with Crippen LogP contribution in [0.1, 0.15) is 43.2 Å². The van der Waals surface area contributed by atoms with Crippen LogP contribution in [-0.4, -0.2) is 28.3 Å². The van der Waals surface area contributed by atoms with Gasteiger partial charge in [-0.1, -0.05) is 5.16 Å². The van der Waals surface area contributed by atoms with Crippen molar-refractivity contribution < 1.29 is 14.4 Å². The summed E-state index contributed by atoms with van der Waals surface area (Å²) in [7, 11) is 0. The molecule has 0 radical (unpaired) electrons. The highest BCUT2D eigenvalue weighted by molar-refractivity contribution is 5.76. The van der Waals surface area contributed by atoms with Crippen LogP contribution >= 0.6 is 0 Å². The molecule has 1 saturated carbocycles. The number of aryl methyl sites for hydroxylation is 2. The Morgan fingerprint density at radius 1 is 1.53 bits per heavy atom. The fourth-order valence-corrected chi connectivity index (χ4v) is 2.31. The first-order chi connectivity index (χ1) is 8.90. The molecular formula is C14H22N2O3. The molecule has 0 saturated heterocycles. The molecule has 1 atom stereocenters. The zero-order chi connectivity index (χ0) is 14.0. The lowest BCUT2D eigenvalue weighted by molar-refractivity contribution is -0.122. The molecule has 1 aliphatic carbocycles. The number of nitrogens with one attached hydrogen (secondary N) is 1. The fraction of sp³-hybridized carbons (Fsp3) is 0.714. The summed E-state index contributed by atoms with van der Waals surface area (Å²) in [5.41, 5.74) is 1.08. The zero-order valence-corrected chi connectivity index (χ0v) is 11.8. The summed E-state index contributed by atoms with van der Waals surface area (Å²) >= 11 is 0. The van der Waals surface area contributed by atoms with Crippen LogP contribution in [0.5, 0.6) is 0 Å². The van der Waals surface area contributed by atoms with Gasteiger partial charge in [0, 0.05) is 18.5 Å². The first-order valence-electron chi connectivity index (χ1n) is 6.81. The van der Waals surface area contributed by atoms with Crippen LogP contribution in [0.3, 0.4) is 0 Å². The summed E-state index contributed by atoms with van der Waals surface area (Å²) in [6.07, 6.45) is 3.13. The smallest absolute Gasteiger partial charge is 0.220 e. The van der Waals surface area contributed by atoms with Gasteiger partial charge < -0.3 is 14.9 Å². The average molecular weight is 266 g/mol. The molecule has 19 heavy (non-hydrogen) atoms. The molecule has 2 N–H and O–H groups in total. The first kappa shape index (κ1) is 14.1. The number of hydrogen-bond acceptors (Lipinski definition) is 4. The minimum absolute atomic E-state index is 0.0408. The molecule has 5 heteroatoms. The Morgan fingerprint density at radius 3 is 2.74 bits per heavy atom. The van der Waals surface area contributed by atoms with Crippen molar-refractivity contribution in [2.45, 2.75) is 52.1 Å². The maximum Gasteiger partial charge on any atom is 0.220 e. The monoisotopic (exact) mass is 266 g/mol. The highest BCUT2D eigenvalue weighted by atomic mass is 16.5. The molecule has 0 unspecified atom stereocenters. The van der Waals surface area contributed by atoms with Crippen molar-refractivity contribution in [3.63, 3.8) is 0 Å². The van der Waals surface area contributed by atoms with E-state index in [4.69, 9.17) is 4.52 Å². The molecule has 1 aromatic rings. The standard InChI is InChI=1S/C14H22N2O3/c1-9-12(10(2)19-16-9)6-7-13(17)15-8-14(3,18)11-4-5-11/h11,18H,4-8H2,1-3H3,(H,15,17)/t14-/m1/s1. The second kappa shape index (κ2) is 5.33. The van der Waals surface area contributed by atoms with Crippen molar-refractivity contribution >= 4 is 5.91 Å². The number of carbonyl (C=O) groups excluding carboxylic acids is 1. The minimum Gasteiger partial charge on any atom is -0.388 e. The van der Waals surface area contributed by atoms with Gasteiger partial charge >= 0.3 is 0 Å². The number of aliphatic hydroxyl groups is 1. The maximum atomic E-state index is 11.8. The van der Waals surface area contributed by atoms with Crippen LogP contribution in [0.15, 0.2) is 4.52 Å². The number of amides is 1. The molecule has 0 aromatic carbocycles. The van der Waals surface area contributed by atoms with E-state index in [1.165, 1.54) is 0 Å². The van der Waals surface area contributed by atoms with Gasteiger partial charge in [0.2, 0.25) is 5.91 Å². The molecule has 0 spiro atoms. The van der Waals surface area contributed by atoms with E-state index in [-0.39, 0.29) is 5.91 Å². The predicted octanol–water partition coefficient (Wildman–Crippen LogP) is 1.50. The summed E-state index contributed by atoms with van der Waals surface area (Å²) in [4.78, 5) is 11.8. The lowest BCUT2D eigenvalue weighted by atomic mass is 10.0. The molecule has 1 aliphatic rings. The average Bonchev–Trinajstić information content (AvgIpc) is 3.14. The van der Waals surface area contributed by atoms with E-state index < -0.39 is 5.60 Å². The van der Waals surface area contributed by atoms with Crippen molar-refractivity contribution in [3.05, 3.63) is 17.0 Å². The van der Waals surface area contributed by atoms with Crippen LogP contribution in [0.4, 0.5) is 0 Å². The van der Waals surface area contributed by atoms with E-state index >= 15 is 0 Å². The molecule has 1 fully saturated rings. The molecule has 0 bridgehead atoms. The summed E-state index contributed by atoms with van der Waals surface area (Å²) < 4.78 is 5.06. The van der Waals surface area contributed by atoms with Crippen LogP contribution in [0.2, 0.25) is 0 Å². The topological polar surface area (TPSA) is 75.4 Å². The van der Waals surface area contributed by atoms with Crippen molar-refractivity contribution in [2.24, 2.45) is 5.92 Å². The van der Waals surface area contributed by atoms with Crippen molar-refractivity contribution in [2.75, 3.05) is 6.54 Å². The summed E-state index contributed by atoms with van der Waals surface area (Å²) in [5, 5.41) is 16.8. The number of nitrogens with zero attached hydrogens (tertiary/aromatic N) is 1. The Hall–Kier alpha value is -1.36. The predicted molar refractivity (Wildman–Crippen MR) is 70.7 cm³/mol. The van der Waals surface area contributed by atoms with Gasteiger partial charge in [0.25, 0.3) is 0 Å². The molecular weight excluding hydrogens is 244 g/mol. The quantitative estimate of drug-likeness (QED) is 0.818. The van der Waals surface area contributed by atoms with E-state index in [0.29, 0.717) is 25.3 Å². The molecule has 0 aliphatic heterocycles. The van der Waals surface area contributed by atoms with Gasteiger partial charge in [-0.25, -0.2) is 0 Å². The van der Waals surface area contributed by atoms with Crippen molar-refractivity contribution in [1.29, 1.82) is 0 Å². The zero-order valence-electron chi connectivity index (χ0n) is 11.8. The Bertz CT molecular complexity index is 442. The van der Waals surface area contributed by atoms with E-state index in [1.54, 1.807) is 6.92 Å². The Labute approximate surface area is 113 Å². The lowest BCUT2D eigenvalue weighted by Gasteiger charge is -2.23. The van der Waals surface area contributed by atoms with Crippen LogP contribution in [0, 0.1) is 19.8 Å². The van der Waals surface area contributed by atoms with Gasteiger partial charge in [0.05, 0.1) is 11.3 Å². The molecule has 1 amide bonds. The SMILES string of the molecule is Cc1noc(C)c1CCC(=O)NC[C@@](C)(O)C1CC1. The van der Waals surface area contributed by atoms with Crippen molar-refractivity contribution in [3.8, 4) is 0 Å². The number of carbonyl (C=O) groups is 1.